The lowest BCUT2D eigenvalue weighted by atomic mass is 9.67. The molecule has 1 aliphatic heterocycles. The van der Waals surface area contributed by atoms with Gasteiger partial charge in [0.15, 0.2) is 0 Å². The first kappa shape index (κ1) is 32.2. The molecule has 1 aliphatic carbocycles. The predicted octanol–water partition coefficient (Wildman–Crippen LogP) is 9.43. The number of halogens is 4. The van der Waals surface area contributed by atoms with Crippen LogP contribution in [0.5, 0.6) is 5.75 Å². The SMILES string of the molecule is COc1ccc([C@]2(CCN(CC3CCC(c4ccc(Cl)cc4)CC3)CC(C)(C)C(F)(F)F)CCOC(C)(C)C2)cc1. The molecule has 0 spiro atoms. The van der Waals surface area contributed by atoms with Crippen LogP contribution in [0, 0.1) is 11.3 Å². The maximum Gasteiger partial charge on any atom is 0.395 e. The molecule has 41 heavy (non-hydrogen) atoms. The minimum atomic E-state index is -4.26. The molecule has 0 radical (unpaired) electrons. The Morgan fingerprint density at radius 1 is 0.976 bits per heavy atom. The normalized spacial score (nSPS) is 25.3. The molecular weight excluding hydrogens is 547 g/mol. The zero-order valence-electron chi connectivity index (χ0n) is 25.3. The monoisotopic (exact) mass is 593 g/mol. The van der Waals surface area contributed by atoms with Gasteiger partial charge in [-0.25, -0.2) is 0 Å². The van der Waals surface area contributed by atoms with Crippen LogP contribution in [-0.4, -0.2) is 50.0 Å². The van der Waals surface area contributed by atoms with Crippen molar-refractivity contribution in [3.63, 3.8) is 0 Å². The summed E-state index contributed by atoms with van der Waals surface area (Å²) >= 11 is 6.08. The van der Waals surface area contributed by atoms with Gasteiger partial charge >= 0.3 is 6.18 Å². The number of hydrogen-bond donors (Lipinski definition) is 0. The molecule has 1 saturated carbocycles. The first-order valence-corrected chi connectivity index (χ1v) is 15.4. The van der Waals surface area contributed by atoms with Crippen molar-refractivity contribution in [2.75, 3.05) is 33.4 Å². The summed E-state index contributed by atoms with van der Waals surface area (Å²) in [6.45, 7) is 8.89. The first-order chi connectivity index (χ1) is 19.2. The van der Waals surface area contributed by atoms with E-state index in [9.17, 15) is 13.2 Å². The van der Waals surface area contributed by atoms with Crippen LogP contribution >= 0.6 is 11.6 Å². The molecule has 1 saturated heterocycles. The molecule has 2 fully saturated rings. The number of alkyl halides is 3. The van der Waals surface area contributed by atoms with Gasteiger partial charge in [0.1, 0.15) is 5.75 Å². The van der Waals surface area contributed by atoms with Crippen molar-refractivity contribution in [3.8, 4) is 5.75 Å². The summed E-state index contributed by atoms with van der Waals surface area (Å²) in [4.78, 5) is 2.12. The van der Waals surface area contributed by atoms with E-state index in [-0.39, 0.29) is 17.6 Å². The molecule has 0 N–H and O–H groups in total. The molecule has 2 aliphatic rings. The topological polar surface area (TPSA) is 21.7 Å². The van der Waals surface area contributed by atoms with Gasteiger partial charge in [0, 0.05) is 30.1 Å². The fraction of sp³-hybridized carbons (Fsp3) is 0.647. The first-order valence-electron chi connectivity index (χ1n) is 15.1. The molecule has 1 atom stereocenters. The van der Waals surface area contributed by atoms with E-state index in [0.717, 1.165) is 55.7 Å². The van der Waals surface area contributed by atoms with Crippen molar-refractivity contribution < 1.29 is 22.6 Å². The van der Waals surface area contributed by atoms with E-state index in [1.807, 2.05) is 24.3 Å². The summed E-state index contributed by atoms with van der Waals surface area (Å²) in [7, 11) is 1.66. The Labute approximate surface area is 249 Å². The molecule has 1 heterocycles. The highest BCUT2D eigenvalue weighted by molar-refractivity contribution is 6.30. The van der Waals surface area contributed by atoms with Gasteiger partial charge in [-0.15, -0.1) is 0 Å². The zero-order valence-corrected chi connectivity index (χ0v) is 26.1. The number of ether oxygens (including phenoxy) is 2. The lowest BCUT2D eigenvalue weighted by Gasteiger charge is -2.47. The van der Waals surface area contributed by atoms with E-state index >= 15 is 0 Å². The smallest absolute Gasteiger partial charge is 0.395 e. The van der Waals surface area contributed by atoms with Gasteiger partial charge in [0.2, 0.25) is 0 Å². The molecular formula is C34H47ClF3NO2. The number of methoxy groups -OCH3 is 1. The van der Waals surface area contributed by atoms with Crippen LogP contribution in [0.3, 0.4) is 0 Å². The highest BCUT2D eigenvalue weighted by Crippen LogP contribution is 2.46. The fourth-order valence-corrected chi connectivity index (χ4v) is 7.19. The molecule has 3 nitrogen and oxygen atoms in total. The Morgan fingerprint density at radius 2 is 1.61 bits per heavy atom. The fourth-order valence-electron chi connectivity index (χ4n) is 7.06. The quantitative estimate of drug-likeness (QED) is 0.274. The average Bonchev–Trinajstić information content (AvgIpc) is 2.91. The van der Waals surface area contributed by atoms with Gasteiger partial charge in [0.25, 0.3) is 0 Å². The third-order valence-corrected chi connectivity index (χ3v) is 9.79. The molecule has 2 aromatic rings. The Balaban J connectivity index is 1.51. The van der Waals surface area contributed by atoms with Crippen molar-refractivity contribution >= 4 is 11.6 Å². The van der Waals surface area contributed by atoms with E-state index in [0.29, 0.717) is 31.5 Å². The third-order valence-electron chi connectivity index (χ3n) is 9.54. The highest BCUT2D eigenvalue weighted by Gasteiger charge is 2.49. The number of nitrogens with zero attached hydrogens (tertiary/aromatic N) is 1. The van der Waals surface area contributed by atoms with E-state index in [4.69, 9.17) is 21.1 Å². The van der Waals surface area contributed by atoms with Gasteiger partial charge < -0.3 is 14.4 Å². The molecule has 0 bridgehead atoms. The summed E-state index contributed by atoms with van der Waals surface area (Å²) in [5.41, 5.74) is 0.282. The molecule has 4 rings (SSSR count). The van der Waals surface area contributed by atoms with E-state index in [1.54, 1.807) is 7.11 Å². The maximum absolute atomic E-state index is 14.1. The number of rotatable bonds is 10. The van der Waals surface area contributed by atoms with Crippen LogP contribution in [0.2, 0.25) is 5.02 Å². The minimum absolute atomic E-state index is 0.00615. The van der Waals surface area contributed by atoms with Crippen LogP contribution in [-0.2, 0) is 10.2 Å². The zero-order chi connectivity index (χ0) is 29.9. The second kappa shape index (κ2) is 12.9. The van der Waals surface area contributed by atoms with Crippen LogP contribution < -0.4 is 4.74 Å². The molecule has 0 aromatic heterocycles. The summed E-state index contributed by atoms with van der Waals surface area (Å²) in [5.74, 6) is 1.69. The van der Waals surface area contributed by atoms with Crippen molar-refractivity contribution in [1.29, 1.82) is 0 Å². The Morgan fingerprint density at radius 3 is 2.17 bits per heavy atom. The van der Waals surface area contributed by atoms with Crippen LogP contribution in [0.15, 0.2) is 48.5 Å². The Bertz CT molecular complexity index is 1110. The van der Waals surface area contributed by atoms with Gasteiger partial charge in [-0.2, -0.15) is 13.2 Å². The van der Waals surface area contributed by atoms with Gasteiger partial charge in [-0.05, 0) is 126 Å². The van der Waals surface area contributed by atoms with Crippen LogP contribution in [0.25, 0.3) is 0 Å². The minimum Gasteiger partial charge on any atom is -0.497 e. The lowest BCUT2D eigenvalue weighted by molar-refractivity contribution is -0.217. The maximum atomic E-state index is 14.1. The molecule has 2 aromatic carbocycles. The summed E-state index contributed by atoms with van der Waals surface area (Å²) < 4.78 is 53.7. The largest absolute Gasteiger partial charge is 0.497 e. The predicted molar refractivity (Wildman–Crippen MR) is 161 cm³/mol. The second-order valence-corrected chi connectivity index (χ2v) is 14.1. The third kappa shape index (κ3) is 8.20. The second-order valence-electron chi connectivity index (χ2n) is 13.7. The van der Waals surface area contributed by atoms with Gasteiger partial charge in [-0.1, -0.05) is 35.9 Å². The summed E-state index contributed by atoms with van der Waals surface area (Å²) in [6.07, 6.45) is 2.39. The number of benzene rings is 2. The van der Waals surface area contributed by atoms with E-state index in [2.05, 4.69) is 43.0 Å². The van der Waals surface area contributed by atoms with Crippen molar-refractivity contribution in [3.05, 3.63) is 64.7 Å². The van der Waals surface area contributed by atoms with Crippen LogP contribution in [0.1, 0.15) is 89.7 Å². The van der Waals surface area contributed by atoms with Crippen molar-refractivity contribution in [2.24, 2.45) is 11.3 Å². The molecule has 0 amide bonds. The standard InChI is InChI=1S/C34H47ClF3NO2/c1-31(2,34(36,37)38)24-39(22-25-6-8-26(9-7-25)27-10-14-29(35)15-11-27)20-18-33(19-21-41-32(3,4)23-33)28-12-16-30(40-5)17-13-28/h10-17,25-26H,6-9,18-24H2,1-5H3/t25?,26?,33-/m1/s1. The lowest BCUT2D eigenvalue weighted by Crippen LogP contribution is -2.49. The molecule has 228 valence electrons. The Kier molecular flexibility index (Phi) is 10.1. The van der Waals surface area contributed by atoms with Crippen LogP contribution in [0.4, 0.5) is 13.2 Å². The average molecular weight is 594 g/mol. The molecule has 7 heteroatoms. The Hall–Kier alpha value is -1.76. The van der Waals surface area contributed by atoms with Gasteiger partial charge in [-0.3, -0.25) is 0 Å². The number of hydrogen-bond acceptors (Lipinski definition) is 3. The molecule has 0 unspecified atom stereocenters. The summed E-state index contributed by atoms with van der Waals surface area (Å²) in [6, 6.07) is 16.3. The highest BCUT2D eigenvalue weighted by atomic mass is 35.5. The van der Waals surface area contributed by atoms with Crippen molar-refractivity contribution in [1.82, 2.24) is 4.90 Å². The van der Waals surface area contributed by atoms with E-state index in [1.165, 1.54) is 25.0 Å². The summed E-state index contributed by atoms with van der Waals surface area (Å²) in [5, 5.41) is 0.741. The van der Waals surface area contributed by atoms with E-state index < -0.39 is 11.6 Å². The van der Waals surface area contributed by atoms with Gasteiger partial charge in [0.05, 0.1) is 18.1 Å². The van der Waals surface area contributed by atoms with Crippen molar-refractivity contribution in [2.45, 2.75) is 95.8 Å².